The average molecular weight is 531 g/mol. The van der Waals surface area contributed by atoms with Crippen LogP contribution in [-0.4, -0.2) is 38.2 Å². The van der Waals surface area contributed by atoms with Crippen LogP contribution in [0.5, 0.6) is 23.0 Å². The van der Waals surface area contributed by atoms with Gasteiger partial charge in [0.1, 0.15) is 11.5 Å². The Hall–Kier alpha value is -4.59. The second-order valence-electron chi connectivity index (χ2n) is 8.94. The van der Waals surface area contributed by atoms with E-state index in [2.05, 4.69) is 6.58 Å². The van der Waals surface area contributed by atoms with Gasteiger partial charge >= 0.3 is 17.9 Å². The summed E-state index contributed by atoms with van der Waals surface area (Å²) in [6.07, 6.45) is 4.89. The Morgan fingerprint density at radius 1 is 0.795 bits per heavy atom. The first-order chi connectivity index (χ1) is 19.0. The average Bonchev–Trinajstić information content (AvgIpc) is 3.81. The largest absolute Gasteiger partial charge is 0.494 e. The summed E-state index contributed by atoms with van der Waals surface area (Å²) in [5, 5.41) is 0. The SMILES string of the molecule is C=CC(=O)OCCCCOc1ccc(C(=O)Oc2ccc(C(=O)Oc3ccc(C4CC4)cc3)cc2OC)cc1. The Bertz CT molecular complexity index is 1310. The molecule has 0 aliphatic heterocycles. The van der Waals surface area contributed by atoms with Gasteiger partial charge in [0.2, 0.25) is 0 Å². The third kappa shape index (κ3) is 7.95. The molecule has 3 aromatic rings. The topological polar surface area (TPSA) is 97.4 Å². The number of ether oxygens (including phenoxy) is 5. The van der Waals surface area contributed by atoms with Crippen molar-refractivity contribution in [3.05, 3.63) is 96.1 Å². The lowest BCUT2D eigenvalue weighted by Crippen LogP contribution is -2.11. The molecule has 8 heteroatoms. The van der Waals surface area contributed by atoms with E-state index in [0.29, 0.717) is 49.0 Å². The highest BCUT2D eigenvalue weighted by atomic mass is 16.6. The molecule has 0 radical (unpaired) electrons. The van der Waals surface area contributed by atoms with Gasteiger partial charge in [-0.25, -0.2) is 14.4 Å². The van der Waals surface area contributed by atoms with E-state index >= 15 is 0 Å². The zero-order chi connectivity index (χ0) is 27.6. The molecule has 0 spiro atoms. The molecule has 3 aromatic carbocycles. The predicted octanol–water partition coefficient (Wildman–Crippen LogP) is 5.90. The van der Waals surface area contributed by atoms with Crippen molar-refractivity contribution in [2.24, 2.45) is 0 Å². The van der Waals surface area contributed by atoms with E-state index < -0.39 is 17.9 Å². The van der Waals surface area contributed by atoms with Gasteiger partial charge in [0, 0.05) is 6.08 Å². The molecular formula is C31H30O8. The number of esters is 3. The van der Waals surface area contributed by atoms with Crippen molar-refractivity contribution in [3.63, 3.8) is 0 Å². The molecule has 0 saturated heterocycles. The van der Waals surface area contributed by atoms with Crippen LogP contribution in [0.4, 0.5) is 0 Å². The first kappa shape index (κ1) is 27.4. The van der Waals surface area contributed by atoms with E-state index in [4.69, 9.17) is 23.7 Å². The second kappa shape index (κ2) is 13.3. The third-order valence-electron chi connectivity index (χ3n) is 6.05. The van der Waals surface area contributed by atoms with Crippen molar-refractivity contribution < 1.29 is 38.1 Å². The first-order valence-corrected chi connectivity index (χ1v) is 12.7. The molecule has 0 unspecified atom stereocenters. The van der Waals surface area contributed by atoms with Crippen LogP contribution in [-0.2, 0) is 9.53 Å². The van der Waals surface area contributed by atoms with Gasteiger partial charge < -0.3 is 23.7 Å². The second-order valence-corrected chi connectivity index (χ2v) is 8.94. The van der Waals surface area contributed by atoms with Crippen LogP contribution in [0.25, 0.3) is 0 Å². The summed E-state index contributed by atoms with van der Waals surface area (Å²) >= 11 is 0. The van der Waals surface area contributed by atoms with E-state index in [1.54, 1.807) is 36.4 Å². The highest BCUT2D eigenvalue weighted by Crippen LogP contribution is 2.40. The lowest BCUT2D eigenvalue weighted by atomic mass is 10.1. The summed E-state index contributed by atoms with van der Waals surface area (Å²) in [5.41, 5.74) is 1.84. The molecule has 39 heavy (non-hydrogen) atoms. The monoisotopic (exact) mass is 530 g/mol. The van der Waals surface area contributed by atoms with Gasteiger partial charge in [-0.05, 0) is 91.8 Å². The lowest BCUT2D eigenvalue weighted by molar-refractivity contribution is -0.137. The number of carbonyl (C=O) groups excluding carboxylic acids is 3. The highest BCUT2D eigenvalue weighted by molar-refractivity contribution is 5.93. The summed E-state index contributed by atoms with van der Waals surface area (Å²) in [4.78, 5) is 36.3. The number of methoxy groups -OCH3 is 1. The molecule has 1 fully saturated rings. The molecule has 0 atom stereocenters. The maximum atomic E-state index is 12.7. The molecule has 4 rings (SSSR count). The Morgan fingerprint density at radius 2 is 1.44 bits per heavy atom. The van der Waals surface area contributed by atoms with Gasteiger partial charge in [-0.2, -0.15) is 0 Å². The van der Waals surface area contributed by atoms with Crippen LogP contribution in [0.1, 0.15) is 57.9 Å². The minimum Gasteiger partial charge on any atom is -0.494 e. The number of unbranched alkanes of at least 4 members (excludes halogenated alkanes) is 1. The van der Waals surface area contributed by atoms with Crippen molar-refractivity contribution >= 4 is 17.9 Å². The number of carbonyl (C=O) groups is 3. The molecule has 1 aliphatic carbocycles. The third-order valence-corrected chi connectivity index (χ3v) is 6.05. The Labute approximate surface area is 227 Å². The number of hydrogen-bond acceptors (Lipinski definition) is 8. The van der Waals surface area contributed by atoms with Crippen molar-refractivity contribution in [2.45, 2.75) is 31.6 Å². The summed E-state index contributed by atoms with van der Waals surface area (Å²) in [6, 6.07) is 18.5. The zero-order valence-electron chi connectivity index (χ0n) is 21.7. The van der Waals surface area contributed by atoms with Gasteiger partial charge in [0.15, 0.2) is 11.5 Å². The van der Waals surface area contributed by atoms with Crippen molar-refractivity contribution in [2.75, 3.05) is 20.3 Å². The molecule has 0 bridgehead atoms. The van der Waals surface area contributed by atoms with Gasteiger partial charge in [-0.3, -0.25) is 0 Å². The lowest BCUT2D eigenvalue weighted by Gasteiger charge is -2.12. The van der Waals surface area contributed by atoms with Crippen molar-refractivity contribution in [3.8, 4) is 23.0 Å². The number of rotatable bonds is 13. The molecule has 0 N–H and O–H groups in total. The van der Waals surface area contributed by atoms with E-state index in [9.17, 15) is 14.4 Å². The van der Waals surface area contributed by atoms with Gasteiger partial charge in [-0.15, -0.1) is 0 Å². The zero-order valence-corrected chi connectivity index (χ0v) is 21.7. The van der Waals surface area contributed by atoms with E-state index in [1.807, 2.05) is 12.1 Å². The van der Waals surface area contributed by atoms with Crippen LogP contribution in [0.2, 0.25) is 0 Å². The van der Waals surface area contributed by atoms with Gasteiger partial charge in [-0.1, -0.05) is 18.7 Å². The molecule has 0 heterocycles. The van der Waals surface area contributed by atoms with Gasteiger partial charge in [0.25, 0.3) is 0 Å². The fourth-order valence-electron chi connectivity index (χ4n) is 3.74. The molecule has 0 amide bonds. The smallest absolute Gasteiger partial charge is 0.343 e. The minimum atomic E-state index is -0.588. The quantitative estimate of drug-likeness (QED) is 0.117. The Morgan fingerprint density at radius 3 is 2.10 bits per heavy atom. The Balaban J connectivity index is 1.28. The normalized spacial score (nSPS) is 12.2. The summed E-state index contributed by atoms with van der Waals surface area (Å²) < 4.78 is 26.9. The maximum absolute atomic E-state index is 12.7. The fraction of sp³-hybridized carbons (Fsp3) is 0.258. The highest BCUT2D eigenvalue weighted by Gasteiger charge is 2.23. The van der Waals surface area contributed by atoms with Crippen LogP contribution in [0.3, 0.4) is 0 Å². The van der Waals surface area contributed by atoms with E-state index in [-0.39, 0.29) is 17.1 Å². The molecule has 8 nitrogen and oxygen atoms in total. The van der Waals surface area contributed by atoms with E-state index in [0.717, 1.165) is 6.08 Å². The molecule has 0 aromatic heterocycles. The van der Waals surface area contributed by atoms with Crippen molar-refractivity contribution in [1.29, 1.82) is 0 Å². The standard InChI is InChI=1S/C31H30O8/c1-3-29(32)37-19-5-4-18-36-25-13-10-23(11-14-25)30(33)39-27-17-12-24(20-28(27)35-2)31(34)38-26-15-8-22(9-16-26)21-6-7-21/h3,8-17,20-21H,1,4-7,18-19H2,2H3. The predicted molar refractivity (Wildman–Crippen MR) is 144 cm³/mol. The molecule has 1 saturated carbocycles. The molecular weight excluding hydrogens is 500 g/mol. The number of benzene rings is 3. The number of hydrogen-bond donors (Lipinski definition) is 0. The van der Waals surface area contributed by atoms with Crippen LogP contribution >= 0.6 is 0 Å². The molecule has 1 aliphatic rings. The first-order valence-electron chi connectivity index (χ1n) is 12.7. The maximum Gasteiger partial charge on any atom is 0.343 e. The van der Waals surface area contributed by atoms with Crippen LogP contribution in [0.15, 0.2) is 79.4 Å². The van der Waals surface area contributed by atoms with Crippen LogP contribution < -0.4 is 18.9 Å². The van der Waals surface area contributed by atoms with Crippen LogP contribution in [0, 0.1) is 0 Å². The summed E-state index contributed by atoms with van der Waals surface area (Å²) in [6.45, 7) is 4.08. The minimum absolute atomic E-state index is 0.172. The van der Waals surface area contributed by atoms with Crippen molar-refractivity contribution in [1.82, 2.24) is 0 Å². The Kier molecular flexibility index (Phi) is 9.34. The molecule has 202 valence electrons. The van der Waals surface area contributed by atoms with E-state index in [1.165, 1.54) is 43.7 Å². The summed E-state index contributed by atoms with van der Waals surface area (Å²) in [5.74, 6) is 0.496. The van der Waals surface area contributed by atoms with Gasteiger partial charge in [0.05, 0.1) is 31.5 Å². The summed E-state index contributed by atoms with van der Waals surface area (Å²) in [7, 11) is 1.42. The fourth-order valence-corrected chi connectivity index (χ4v) is 3.74.